The van der Waals surface area contributed by atoms with Crippen molar-refractivity contribution in [2.24, 2.45) is 5.41 Å². The third kappa shape index (κ3) is 4.44. The second-order valence-electron chi connectivity index (χ2n) is 7.34. The summed E-state index contributed by atoms with van der Waals surface area (Å²) < 4.78 is 0. The molecule has 2 aliphatic rings. The maximum Gasteiger partial charge on any atom is 0.0217 e. The van der Waals surface area contributed by atoms with E-state index in [9.17, 15) is 0 Å². The van der Waals surface area contributed by atoms with Gasteiger partial charge >= 0.3 is 0 Å². The van der Waals surface area contributed by atoms with E-state index in [2.05, 4.69) is 36.1 Å². The van der Waals surface area contributed by atoms with Gasteiger partial charge in [0, 0.05) is 25.7 Å². The van der Waals surface area contributed by atoms with Gasteiger partial charge in [-0.25, -0.2) is 0 Å². The van der Waals surface area contributed by atoms with Crippen LogP contribution in [0.2, 0.25) is 0 Å². The van der Waals surface area contributed by atoms with Crippen molar-refractivity contribution < 1.29 is 0 Å². The highest BCUT2D eigenvalue weighted by atomic mass is 15.2. The molecule has 2 rings (SSSR count). The summed E-state index contributed by atoms with van der Waals surface area (Å²) >= 11 is 0. The monoisotopic (exact) mass is 281 g/mol. The predicted molar refractivity (Wildman–Crippen MR) is 87.2 cm³/mol. The largest absolute Gasteiger partial charge is 0.316 e. The molecule has 1 atom stereocenters. The number of piperidine rings is 1. The van der Waals surface area contributed by atoms with Crippen LogP contribution in [0.15, 0.2) is 0 Å². The molecule has 0 spiro atoms. The van der Waals surface area contributed by atoms with Gasteiger partial charge in [-0.3, -0.25) is 0 Å². The van der Waals surface area contributed by atoms with Crippen molar-refractivity contribution in [3.63, 3.8) is 0 Å². The van der Waals surface area contributed by atoms with E-state index in [1.165, 1.54) is 71.1 Å². The van der Waals surface area contributed by atoms with Gasteiger partial charge in [-0.2, -0.15) is 0 Å². The van der Waals surface area contributed by atoms with E-state index in [-0.39, 0.29) is 0 Å². The zero-order chi connectivity index (χ0) is 14.4. The molecule has 3 nitrogen and oxygen atoms in total. The lowest BCUT2D eigenvalue weighted by Gasteiger charge is -2.44. The van der Waals surface area contributed by atoms with Gasteiger partial charge in [0.15, 0.2) is 0 Å². The molecule has 1 N–H and O–H groups in total. The first-order valence-corrected chi connectivity index (χ1v) is 8.75. The zero-order valence-electron chi connectivity index (χ0n) is 14.0. The number of likely N-dealkylation sites (N-methyl/N-ethyl adjacent to an activating group) is 1. The standard InChI is InChI=1S/C17H35N3/c1-4-18-14-17(10-6-5-7-11-17)15-20-12-8-9-16(13-20)19(2)3/h16,18H,4-15H2,1-3H3. The van der Waals surface area contributed by atoms with Crippen LogP contribution in [0.1, 0.15) is 51.9 Å². The van der Waals surface area contributed by atoms with Gasteiger partial charge in [-0.15, -0.1) is 0 Å². The Hall–Kier alpha value is -0.120. The highest BCUT2D eigenvalue weighted by Gasteiger charge is 2.35. The summed E-state index contributed by atoms with van der Waals surface area (Å²) in [6.45, 7) is 8.50. The minimum atomic E-state index is 0.558. The lowest BCUT2D eigenvalue weighted by molar-refractivity contribution is 0.0617. The highest BCUT2D eigenvalue weighted by Crippen LogP contribution is 2.37. The van der Waals surface area contributed by atoms with Crippen LogP contribution < -0.4 is 5.32 Å². The highest BCUT2D eigenvalue weighted by molar-refractivity contribution is 4.90. The maximum absolute atomic E-state index is 3.65. The molecule has 0 amide bonds. The molecule has 0 aromatic carbocycles. The Morgan fingerprint density at radius 1 is 1.15 bits per heavy atom. The Balaban J connectivity index is 1.92. The van der Waals surface area contributed by atoms with Crippen LogP contribution >= 0.6 is 0 Å². The van der Waals surface area contributed by atoms with Crippen molar-refractivity contribution in [1.82, 2.24) is 15.1 Å². The summed E-state index contributed by atoms with van der Waals surface area (Å²) in [6, 6.07) is 0.767. The number of rotatable bonds is 6. The predicted octanol–water partition coefficient (Wildman–Crippen LogP) is 2.57. The molecule has 20 heavy (non-hydrogen) atoms. The molecule has 0 aromatic heterocycles. The number of nitrogens with zero attached hydrogens (tertiary/aromatic N) is 2. The normalized spacial score (nSPS) is 27.9. The smallest absolute Gasteiger partial charge is 0.0217 e. The maximum atomic E-state index is 3.65. The van der Waals surface area contributed by atoms with Crippen LogP contribution in [0.4, 0.5) is 0 Å². The van der Waals surface area contributed by atoms with Crippen molar-refractivity contribution in [2.75, 3.05) is 46.8 Å². The molecule has 0 bridgehead atoms. The molecule has 2 fully saturated rings. The molecule has 1 unspecified atom stereocenters. The van der Waals surface area contributed by atoms with Gasteiger partial charge in [-0.1, -0.05) is 26.2 Å². The van der Waals surface area contributed by atoms with E-state index in [1.807, 2.05) is 0 Å². The Morgan fingerprint density at radius 3 is 2.55 bits per heavy atom. The quantitative estimate of drug-likeness (QED) is 0.807. The van der Waals surface area contributed by atoms with Gasteiger partial charge in [-0.05, 0) is 58.3 Å². The van der Waals surface area contributed by atoms with Gasteiger partial charge in [0.1, 0.15) is 0 Å². The summed E-state index contributed by atoms with van der Waals surface area (Å²) in [7, 11) is 4.48. The fourth-order valence-electron chi connectivity index (χ4n) is 4.15. The summed E-state index contributed by atoms with van der Waals surface area (Å²) in [4.78, 5) is 5.18. The van der Waals surface area contributed by atoms with Crippen molar-refractivity contribution in [1.29, 1.82) is 0 Å². The zero-order valence-corrected chi connectivity index (χ0v) is 14.0. The second kappa shape index (κ2) is 7.77. The Bertz CT molecular complexity index is 271. The number of hydrogen-bond donors (Lipinski definition) is 1. The van der Waals surface area contributed by atoms with E-state index >= 15 is 0 Å². The number of nitrogens with one attached hydrogen (secondary N) is 1. The summed E-state index contributed by atoms with van der Waals surface area (Å²) in [5.74, 6) is 0. The Morgan fingerprint density at radius 2 is 1.90 bits per heavy atom. The molecule has 0 radical (unpaired) electrons. The SMILES string of the molecule is CCNCC1(CN2CCCC(N(C)C)C2)CCCCC1. The number of likely N-dealkylation sites (tertiary alicyclic amines) is 1. The average molecular weight is 281 g/mol. The molecule has 3 heteroatoms. The summed E-state index contributed by atoms with van der Waals surface area (Å²) in [5, 5.41) is 3.65. The molecule has 118 valence electrons. The molecular weight excluding hydrogens is 246 g/mol. The van der Waals surface area contributed by atoms with Crippen molar-refractivity contribution in [2.45, 2.75) is 57.9 Å². The van der Waals surface area contributed by atoms with Crippen molar-refractivity contribution in [3.05, 3.63) is 0 Å². The van der Waals surface area contributed by atoms with Crippen LogP contribution in [-0.4, -0.2) is 62.7 Å². The molecule has 1 saturated heterocycles. The summed E-state index contributed by atoms with van der Waals surface area (Å²) in [6.07, 6.45) is 9.96. The van der Waals surface area contributed by atoms with E-state index in [4.69, 9.17) is 0 Å². The molecule has 1 aliphatic carbocycles. The first-order valence-electron chi connectivity index (χ1n) is 8.75. The molecule has 1 saturated carbocycles. The Labute approximate surface area is 126 Å². The first kappa shape index (κ1) is 16.3. The van der Waals surface area contributed by atoms with Crippen LogP contribution in [0, 0.1) is 5.41 Å². The van der Waals surface area contributed by atoms with Crippen LogP contribution in [0.25, 0.3) is 0 Å². The van der Waals surface area contributed by atoms with Gasteiger partial charge in [0.2, 0.25) is 0 Å². The van der Waals surface area contributed by atoms with E-state index in [0.717, 1.165) is 12.6 Å². The lowest BCUT2D eigenvalue weighted by atomic mass is 9.73. The molecular formula is C17H35N3. The fraction of sp³-hybridized carbons (Fsp3) is 1.00. The van der Waals surface area contributed by atoms with E-state index in [0.29, 0.717) is 5.41 Å². The van der Waals surface area contributed by atoms with Crippen molar-refractivity contribution in [3.8, 4) is 0 Å². The molecule has 1 aliphatic heterocycles. The molecule has 1 heterocycles. The lowest BCUT2D eigenvalue weighted by Crippen LogP contribution is -2.51. The van der Waals surface area contributed by atoms with Crippen LogP contribution in [-0.2, 0) is 0 Å². The number of hydrogen-bond acceptors (Lipinski definition) is 3. The van der Waals surface area contributed by atoms with Gasteiger partial charge < -0.3 is 15.1 Å². The fourth-order valence-corrected chi connectivity index (χ4v) is 4.15. The third-order valence-corrected chi connectivity index (χ3v) is 5.43. The molecule has 0 aromatic rings. The van der Waals surface area contributed by atoms with Gasteiger partial charge in [0.05, 0.1) is 0 Å². The van der Waals surface area contributed by atoms with E-state index in [1.54, 1.807) is 0 Å². The van der Waals surface area contributed by atoms with Gasteiger partial charge in [0.25, 0.3) is 0 Å². The summed E-state index contributed by atoms with van der Waals surface area (Å²) in [5.41, 5.74) is 0.558. The Kier molecular flexibility index (Phi) is 6.31. The third-order valence-electron chi connectivity index (χ3n) is 5.43. The van der Waals surface area contributed by atoms with Crippen LogP contribution in [0.3, 0.4) is 0 Å². The van der Waals surface area contributed by atoms with E-state index < -0.39 is 0 Å². The average Bonchev–Trinajstić information content (AvgIpc) is 2.46. The topological polar surface area (TPSA) is 18.5 Å². The first-order chi connectivity index (χ1) is 9.65. The van der Waals surface area contributed by atoms with Crippen LogP contribution in [0.5, 0.6) is 0 Å². The second-order valence-corrected chi connectivity index (χ2v) is 7.34. The minimum Gasteiger partial charge on any atom is -0.316 e. The van der Waals surface area contributed by atoms with Crippen molar-refractivity contribution >= 4 is 0 Å². The minimum absolute atomic E-state index is 0.558.